The highest BCUT2D eigenvalue weighted by Crippen LogP contribution is 2.35. The van der Waals surface area contributed by atoms with Gasteiger partial charge in [-0.1, -0.05) is 20.3 Å². The first-order valence-corrected chi connectivity index (χ1v) is 9.18. The van der Waals surface area contributed by atoms with E-state index in [-0.39, 0.29) is 16.4 Å². The minimum Gasteiger partial charge on any atom is -0.480 e. The molecule has 0 saturated heterocycles. The second kappa shape index (κ2) is 6.28. The molecule has 106 valence electrons. The predicted molar refractivity (Wildman–Crippen MR) is 74.7 cm³/mol. The van der Waals surface area contributed by atoms with Crippen molar-refractivity contribution in [3.63, 3.8) is 0 Å². The van der Waals surface area contributed by atoms with Crippen LogP contribution in [-0.4, -0.2) is 41.5 Å². The molecule has 0 spiro atoms. The van der Waals surface area contributed by atoms with Crippen molar-refractivity contribution in [1.29, 1.82) is 0 Å². The lowest BCUT2D eigenvalue weighted by Gasteiger charge is -2.30. The largest absolute Gasteiger partial charge is 0.480 e. The van der Waals surface area contributed by atoms with Gasteiger partial charge in [0.2, 0.25) is 0 Å². The molecule has 1 aliphatic rings. The van der Waals surface area contributed by atoms with Crippen LogP contribution in [0.2, 0.25) is 0 Å². The van der Waals surface area contributed by atoms with Gasteiger partial charge in [-0.05, 0) is 25.2 Å². The Hall–Kier alpha value is -0.230. The zero-order valence-electron chi connectivity index (χ0n) is 11.1. The summed E-state index contributed by atoms with van der Waals surface area (Å²) in [5.41, 5.74) is 0. The Morgan fingerprint density at radius 1 is 1.33 bits per heavy atom. The molecule has 1 aliphatic carbocycles. The van der Waals surface area contributed by atoms with E-state index in [1.165, 1.54) is 18.0 Å². The molecule has 1 saturated carbocycles. The predicted octanol–water partition coefficient (Wildman–Crippen LogP) is 2.18. The van der Waals surface area contributed by atoms with Crippen LogP contribution >= 0.6 is 11.8 Å². The van der Waals surface area contributed by atoms with E-state index in [4.69, 9.17) is 5.11 Å². The van der Waals surface area contributed by atoms with Gasteiger partial charge in [0.1, 0.15) is 15.1 Å². The molecule has 0 aliphatic heterocycles. The standard InChI is InChI=1S/C12H22O4S2/c1-8(2)11(12(13)14)17-9-5-4-6-10(7-9)18(3,15)16/h8-11H,4-7H2,1-3H3,(H,13,14). The van der Waals surface area contributed by atoms with Gasteiger partial charge in [-0.3, -0.25) is 4.79 Å². The van der Waals surface area contributed by atoms with E-state index in [1.807, 2.05) is 13.8 Å². The van der Waals surface area contributed by atoms with Crippen LogP contribution in [0, 0.1) is 5.92 Å². The van der Waals surface area contributed by atoms with Gasteiger partial charge >= 0.3 is 5.97 Å². The average molecular weight is 294 g/mol. The second-order valence-electron chi connectivity index (χ2n) is 5.38. The third-order valence-corrected chi connectivity index (χ3v) is 6.86. The van der Waals surface area contributed by atoms with E-state index in [0.717, 1.165) is 19.3 Å². The van der Waals surface area contributed by atoms with Gasteiger partial charge in [0.25, 0.3) is 0 Å². The molecule has 0 aromatic carbocycles. The first kappa shape index (κ1) is 15.8. The molecule has 0 amide bonds. The van der Waals surface area contributed by atoms with Crippen molar-refractivity contribution in [1.82, 2.24) is 0 Å². The molecule has 1 N–H and O–H groups in total. The number of hydrogen-bond acceptors (Lipinski definition) is 4. The lowest BCUT2D eigenvalue weighted by molar-refractivity contribution is -0.137. The Morgan fingerprint density at radius 3 is 2.39 bits per heavy atom. The maximum Gasteiger partial charge on any atom is 0.316 e. The van der Waals surface area contributed by atoms with Crippen LogP contribution in [0.1, 0.15) is 39.5 Å². The minimum absolute atomic E-state index is 0.0612. The van der Waals surface area contributed by atoms with Crippen LogP contribution in [0.3, 0.4) is 0 Å². The molecule has 4 nitrogen and oxygen atoms in total. The molecule has 3 unspecified atom stereocenters. The number of carboxylic acids is 1. The lowest BCUT2D eigenvalue weighted by Crippen LogP contribution is -2.32. The van der Waals surface area contributed by atoms with E-state index in [9.17, 15) is 13.2 Å². The summed E-state index contributed by atoms with van der Waals surface area (Å²) in [7, 11) is -3.00. The summed E-state index contributed by atoms with van der Waals surface area (Å²) in [4.78, 5) is 11.2. The highest BCUT2D eigenvalue weighted by molar-refractivity contribution is 8.01. The summed E-state index contributed by atoms with van der Waals surface area (Å²) < 4.78 is 23.1. The highest BCUT2D eigenvalue weighted by atomic mass is 32.2. The van der Waals surface area contributed by atoms with Crippen LogP contribution in [0.5, 0.6) is 0 Å². The van der Waals surface area contributed by atoms with Gasteiger partial charge < -0.3 is 5.11 Å². The minimum atomic E-state index is -3.00. The molecule has 6 heteroatoms. The fourth-order valence-electron chi connectivity index (χ4n) is 2.32. The molecule has 18 heavy (non-hydrogen) atoms. The van der Waals surface area contributed by atoms with Crippen LogP contribution in [0.25, 0.3) is 0 Å². The van der Waals surface area contributed by atoms with Gasteiger partial charge in [-0.2, -0.15) is 0 Å². The highest BCUT2D eigenvalue weighted by Gasteiger charge is 2.33. The number of hydrogen-bond donors (Lipinski definition) is 1. The Balaban J connectivity index is 2.65. The molecule has 0 radical (unpaired) electrons. The molecule has 1 rings (SSSR count). The van der Waals surface area contributed by atoms with Crippen molar-refractivity contribution in [3.8, 4) is 0 Å². The molecule has 0 aromatic rings. The third kappa shape index (κ3) is 4.46. The number of thioether (sulfide) groups is 1. The van der Waals surface area contributed by atoms with Crippen molar-refractivity contribution in [2.45, 2.75) is 55.3 Å². The lowest BCUT2D eigenvalue weighted by atomic mass is 10.00. The van der Waals surface area contributed by atoms with Crippen LogP contribution in [0.4, 0.5) is 0 Å². The Labute approximate surface area is 113 Å². The Bertz CT molecular complexity index is 389. The fraction of sp³-hybridized carbons (Fsp3) is 0.917. The average Bonchev–Trinajstić information content (AvgIpc) is 2.24. The maximum atomic E-state index is 11.6. The number of carbonyl (C=O) groups is 1. The first-order valence-electron chi connectivity index (χ1n) is 6.29. The van der Waals surface area contributed by atoms with Gasteiger partial charge in [-0.15, -0.1) is 11.8 Å². The van der Waals surface area contributed by atoms with Gasteiger partial charge in [0, 0.05) is 11.5 Å². The van der Waals surface area contributed by atoms with Crippen LogP contribution in [0.15, 0.2) is 0 Å². The molecule has 1 fully saturated rings. The number of aliphatic carboxylic acids is 1. The van der Waals surface area contributed by atoms with Gasteiger partial charge in [0.05, 0.1) is 5.25 Å². The van der Waals surface area contributed by atoms with E-state index in [0.29, 0.717) is 6.42 Å². The van der Waals surface area contributed by atoms with E-state index in [2.05, 4.69) is 0 Å². The summed E-state index contributed by atoms with van der Waals surface area (Å²) >= 11 is 1.44. The fourth-order valence-corrected chi connectivity index (χ4v) is 5.11. The summed E-state index contributed by atoms with van der Waals surface area (Å²) in [6, 6.07) is 0. The monoisotopic (exact) mass is 294 g/mol. The second-order valence-corrected chi connectivity index (χ2v) is 9.15. The van der Waals surface area contributed by atoms with Crippen molar-refractivity contribution < 1.29 is 18.3 Å². The Morgan fingerprint density at radius 2 is 1.94 bits per heavy atom. The first-order chi connectivity index (χ1) is 8.21. The Kier molecular flexibility index (Phi) is 5.52. The van der Waals surface area contributed by atoms with Crippen molar-refractivity contribution >= 4 is 27.6 Å². The smallest absolute Gasteiger partial charge is 0.316 e. The molecular weight excluding hydrogens is 272 g/mol. The summed E-state index contributed by atoms with van der Waals surface area (Å²) in [5, 5.41) is 8.59. The van der Waals surface area contributed by atoms with Crippen molar-refractivity contribution in [3.05, 3.63) is 0 Å². The zero-order chi connectivity index (χ0) is 13.9. The van der Waals surface area contributed by atoms with E-state index >= 15 is 0 Å². The summed E-state index contributed by atoms with van der Waals surface area (Å²) in [5.74, 6) is -0.734. The van der Waals surface area contributed by atoms with E-state index < -0.39 is 21.1 Å². The molecule has 3 atom stereocenters. The topological polar surface area (TPSA) is 71.4 Å². The van der Waals surface area contributed by atoms with Crippen molar-refractivity contribution in [2.75, 3.05) is 6.26 Å². The SMILES string of the molecule is CC(C)C(SC1CCCC(S(C)(=O)=O)C1)C(=O)O. The van der Waals surface area contributed by atoms with Crippen LogP contribution < -0.4 is 0 Å². The number of sulfone groups is 1. The van der Waals surface area contributed by atoms with Gasteiger partial charge in [0.15, 0.2) is 0 Å². The summed E-state index contributed by atoms with van der Waals surface area (Å²) in [6.45, 7) is 3.78. The third-order valence-electron chi connectivity index (χ3n) is 3.37. The number of carboxylic acid groups (broad SMARTS) is 1. The quantitative estimate of drug-likeness (QED) is 0.841. The molecule has 0 aromatic heterocycles. The zero-order valence-corrected chi connectivity index (χ0v) is 12.8. The molecular formula is C12H22O4S2. The maximum absolute atomic E-state index is 11.6. The normalized spacial score (nSPS) is 27.1. The summed E-state index contributed by atoms with van der Waals surface area (Å²) in [6.07, 6.45) is 4.39. The van der Waals surface area contributed by atoms with E-state index in [1.54, 1.807) is 0 Å². The molecule has 0 heterocycles. The van der Waals surface area contributed by atoms with Gasteiger partial charge in [-0.25, -0.2) is 8.42 Å². The van der Waals surface area contributed by atoms with Crippen molar-refractivity contribution in [2.24, 2.45) is 5.92 Å². The molecule has 0 bridgehead atoms. The van der Waals surface area contributed by atoms with Crippen LogP contribution in [-0.2, 0) is 14.6 Å². The number of rotatable bonds is 5.